The molecule has 7 heteroatoms. The van der Waals surface area contributed by atoms with Crippen molar-refractivity contribution in [3.63, 3.8) is 0 Å². The first-order valence-electron chi connectivity index (χ1n) is 9.77. The van der Waals surface area contributed by atoms with Gasteiger partial charge >= 0.3 is 11.6 Å². The van der Waals surface area contributed by atoms with Gasteiger partial charge in [0.05, 0.1) is 5.56 Å². The van der Waals surface area contributed by atoms with E-state index in [1.165, 1.54) is 6.07 Å². The third-order valence-electron chi connectivity index (χ3n) is 4.98. The number of aryl methyl sites for hydroxylation is 1. The molecular formula is C23H26ClNO5. The predicted octanol–water partition coefficient (Wildman–Crippen LogP) is 4.05. The lowest BCUT2D eigenvalue weighted by atomic mass is 10.0. The van der Waals surface area contributed by atoms with Crippen molar-refractivity contribution in [2.45, 2.75) is 45.2 Å². The Morgan fingerprint density at radius 3 is 2.57 bits per heavy atom. The molecule has 6 nitrogen and oxygen atoms in total. The molecule has 1 aromatic heterocycles. The Morgan fingerprint density at radius 2 is 1.90 bits per heavy atom. The van der Waals surface area contributed by atoms with Gasteiger partial charge in [0.15, 0.2) is 0 Å². The van der Waals surface area contributed by atoms with Crippen molar-refractivity contribution in [1.82, 2.24) is 5.32 Å². The fourth-order valence-electron chi connectivity index (χ4n) is 3.40. The second-order valence-corrected chi connectivity index (χ2v) is 7.10. The maximum absolute atomic E-state index is 12.1. The van der Waals surface area contributed by atoms with E-state index >= 15 is 0 Å². The Morgan fingerprint density at radius 1 is 1.17 bits per heavy atom. The van der Waals surface area contributed by atoms with Crippen LogP contribution in [0.1, 0.15) is 36.5 Å². The first-order valence-corrected chi connectivity index (χ1v) is 9.77. The molecule has 1 atom stereocenters. The van der Waals surface area contributed by atoms with Crippen LogP contribution in [0.15, 0.2) is 57.7 Å². The van der Waals surface area contributed by atoms with Gasteiger partial charge in [0.25, 0.3) is 0 Å². The number of phenols is 1. The summed E-state index contributed by atoms with van der Waals surface area (Å²) in [6, 6.07) is 13.3. The summed E-state index contributed by atoms with van der Waals surface area (Å²) < 4.78 is 5.40. The van der Waals surface area contributed by atoms with Gasteiger partial charge in [0, 0.05) is 18.0 Å². The van der Waals surface area contributed by atoms with Gasteiger partial charge in [0.2, 0.25) is 0 Å². The lowest BCUT2D eigenvalue weighted by Crippen LogP contribution is -2.38. The molecule has 0 spiro atoms. The van der Waals surface area contributed by atoms with E-state index in [1.54, 1.807) is 12.1 Å². The highest BCUT2D eigenvalue weighted by Gasteiger charge is 2.20. The number of rotatable bonds is 9. The molecule has 2 aromatic carbocycles. The molecule has 0 aliphatic heterocycles. The Balaban J connectivity index is 0.00000320. The molecule has 3 N–H and O–H groups in total. The van der Waals surface area contributed by atoms with E-state index in [1.807, 2.05) is 30.3 Å². The molecule has 0 aliphatic rings. The monoisotopic (exact) mass is 431 g/mol. The molecule has 0 amide bonds. The summed E-state index contributed by atoms with van der Waals surface area (Å²) >= 11 is 0. The maximum Gasteiger partial charge on any atom is 0.336 e. The van der Waals surface area contributed by atoms with Crippen LogP contribution in [-0.4, -0.2) is 22.2 Å². The van der Waals surface area contributed by atoms with Crippen molar-refractivity contribution in [2.75, 3.05) is 0 Å². The van der Waals surface area contributed by atoms with Gasteiger partial charge in [-0.05, 0) is 42.5 Å². The van der Waals surface area contributed by atoms with Crippen molar-refractivity contribution in [3.05, 3.63) is 75.6 Å². The van der Waals surface area contributed by atoms with Crippen molar-refractivity contribution < 1.29 is 19.4 Å². The van der Waals surface area contributed by atoms with E-state index < -0.39 is 17.6 Å². The van der Waals surface area contributed by atoms with Crippen LogP contribution >= 0.6 is 12.4 Å². The van der Waals surface area contributed by atoms with Crippen LogP contribution in [0.25, 0.3) is 11.0 Å². The molecule has 1 heterocycles. The normalized spacial score (nSPS) is 11.8. The molecule has 0 fully saturated rings. The number of aromatic hydroxyl groups is 1. The minimum atomic E-state index is -0.987. The van der Waals surface area contributed by atoms with Crippen molar-refractivity contribution in [2.24, 2.45) is 0 Å². The third-order valence-corrected chi connectivity index (χ3v) is 4.98. The number of carbonyl (C=O) groups is 1. The standard InChI is InChI=1S/C23H25NO5.ClH/c1-2-3-9-16-13-21(26)29-22-17(16)10-11-20(25)18(22)14-24-19(23(27)28)12-15-7-5-4-6-8-15;/h4-8,10-11,13,19,24-25H,2-3,9,12,14H2,1H3,(H,27,28);1H/t19-;/m1./s1. The average molecular weight is 432 g/mol. The summed E-state index contributed by atoms with van der Waals surface area (Å²) in [6.45, 7) is 2.14. The smallest absolute Gasteiger partial charge is 0.336 e. The number of aliphatic carboxylic acids is 1. The number of halogens is 1. The van der Waals surface area contributed by atoms with Crippen LogP contribution in [-0.2, 0) is 24.2 Å². The van der Waals surface area contributed by atoms with Crippen LogP contribution in [0.4, 0.5) is 0 Å². The van der Waals surface area contributed by atoms with E-state index in [9.17, 15) is 19.8 Å². The van der Waals surface area contributed by atoms with Crippen LogP contribution in [0, 0.1) is 0 Å². The van der Waals surface area contributed by atoms with E-state index in [2.05, 4.69) is 12.2 Å². The highest BCUT2D eigenvalue weighted by atomic mass is 35.5. The van der Waals surface area contributed by atoms with Crippen LogP contribution in [0.2, 0.25) is 0 Å². The highest BCUT2D eigenvalue weighted by molar-refractivity contribution is 5.85. The first-order chi connectivity index (χ1) is 14.0. The minimum Gasteiger partial charge on any atom is -0.507 e. The number of unbranched alkanes of at least 4 members (excludes halogenated alkanes) is 1. The molecule has 0 unspecified atom stereocenters. The van der Waals surface area contributed by atoms with Gasteiger partial charge < -0.3 is 14.6 Å². The topological polar surface area (TPSA) is 99.8 Å². The predicted molar refractivity (Wildman–Crippen MR) is 118 cm³/mol. The minimum absolute atomic E-state index is 0. The lowest BCUT2D eigenvalue weighted by molar-refractivity contribution is -0.139. The zero-order chi connectivity index (χ0) is 20.8. The molecule has 0 aliphatic carbocycles. The number of hydrogen-bond donors (Lipinski definition) is 3. The Kier molecular flexibility index (Phi) is 8.45. The molecule has 3 aromatic rings. The van der Waals surface area contributed by atoms with E-state index in [4.69, 9.17) is 4.42 Å². The summed E-state index contributed by atoms with van der Waals surface area (Å²) in [5, 5.41) is 23.7. The van der Waals surface area contributed by atoms with Crippen molar-refractivity contribution >= 4 is 29.3 Å². The largest absolute Gasteiger partial charge is 0.507 e. The SMILES string of the molecule is CCCCc1cc(=O)oc2c(CN[C@H](Cc3ccccc3)C(=O)O)c(O)ccc12.Cl. The zero-order valence-electron chi connectivity index (χ0n) is 16.8. The van der Waals surface area contributed by atoms with E-state index in [0.29, 0.717) is 17.6 Å². The molecule has 0 bridgehead atoms. The van der Waals surface area contributed by atoms with Gasteiger partial charge in [-0.15, -0.1) is 12.4 Å². The van der Waals surface area contributed by atoms with E-state index in [0.717, 1.165) is 35.8 Å². The van der Waals surface area contributed by atoms with E-state index in [-0.39, 0.29) is 24.7 Å². The number of fused-ring (bicyclic) bond motifs is 1. The number of benzene rings is 2. The van der Waals surface area contributed by atoms with Gasteiger partial charge in [-0.1, -0.05) is 43.7 Å². The third kappa shape index (κ3) is 5.62. The zero-order valence-corrected chi connectivity index (χ0v) is 17.6. The summed E-state index contributed by atoms with van der Waals surface area (Å²) in [7, 11) is 0. The molecular weight excluding hydrogens is 406 g/mol. The number of phenolic OH excluding ortho intramolecular Hbond substituents is 1. The fourth-order valence-corrected chi connectivity index (χ4v) is 3.40. The van der Waals surface area contributed by atoms with Crippen LogP contribution in [0.5, 0.6) is 5.75 Å². The van der Waals surface area contributed by atoms with Gasteiger partial charge in [-0.3, -0.25) is 10.1 Å². The average Bonchev–Trinajstić information content (AvgIpc) is 2.70. The molecule has 30 heavy (non-hydrogen) atoms. The molecule has 0 saturated heterocycles. The summed E-state index contributed by atoms with van der Waals surface area (Å²) in [6.07, 6.45) is 2.97. The Hall–Kier alpha value is -2.83. The molecule has 0 radical (unpaired) electrons. The first kappa shape index (κ1) is 23.4. The number of hydrogen-bond acceptors (Lipinski definition) is 5. The second-order valence-electron chi connectivity index (χ2n) is 7.10. The van der Waals surface area contributed by atoms with Gasteiger partial charge in [-0.2, -0.15) is 0 Å². The maximum atomic E-state index is 12.1. The Labute approximate surface area is 181 Å². The Bertz CT molecular complexity index is 1050. The lowest BCUT2D eigenvalue weighted by Gasteiger charge is -2.16. The van der Waals surface area contributed by atoms with Crippen LogP contribution in [0.3, 0.4) is 0 Å². The number of carboxylic acid groups (broad SMARTS) is 1. The summed E-state index contributed by atoms with van der Waals surface area (Å²) in [4.78, 5) is 23.8. The fraction of sp³-hybridized carbons (Fsp3) is 0.304. The molecule has 160 valence electrons. The van der Waals surface area contributed by atoms with Crippen molar-refractivity contribution in [3.8, 4) is 5.75 Å². The highest BCUT2D eigenvalue weighted by Crippen LogP contribution is 2.29. The second kappa shape index (κ2) is 10.8. The quantitative estimate of drug-likeness (QED) is 0.442. The molecule has 0 saturated carbocycles. The van der Waals surface area contributed by atoms with Crippen LogP contribution < -0.4 is 10.9 Å². The summed E-state index contributed by atoms with van der Waals surface area (Å²) in [5.41, 5.74) is 1.98. The van der Waals surface area contributed by atoms with Gasteiger partial charge in [0.1, 0.15) is 17.4 Å². The summed E-state index contributed by atoms with van der Waals surface area (Å²) in [5.74, 6) is -1.02. The van der Waals surface area contributed by atoms with Crippen molar-refractivity contribution in [1.29, 1.82) is 0 Å². The molecule has 3 rings (SSSR count). The van der Waals surface area contributed by atoms with Gasteiger partial charge in [-0.25, -0.2) is 4.79 Å². The number of carboxylic acids is 1. The number of nitrogens with one attached hydrogen (secondary N) is 1.